The zero-order valence-corrected chi connectivity index (χ0v) is 4.51. The first-order valence-electron chi connectivity index (χ1n) is 1.17. The van der Waals surface area contributed by atoms with Gasteiger partial charge in [-0.25, -0.2) is 0 Å². The Morgan fingerprint density at radius 3 is 2.29 bits per heavy atom. The summed E-state index contributed by atoms with van der Waals surface area (Å²) in [5.74, 6) is 0. The van der Waals surface area contributed by atoms with Gasteiger partial charge in [0.2, 0.25) is 0 Å². The van der Waals surface area contributed by atoms with E-state index < -0.39 is 0 Å². The molecule has 5 heteroatoms. The van der Waals surface area contributed by atoms with E-state index in [1.165, 1.54) is 0 Å². The van der Waals surface area contributed by atoms with Crippen molar-refractivity contribution in [3.63, 3.8) is 0 Å². The fourth-order valence-electron chi connectivity index (χ4n) is 0.0474. The second-order valence-electron chi connectivity index (χ2n) is 0.533. The van der Waals surface area contributed by atoms with E-state index in [1.54, 1.807) is 0 Å². The van der Waals surface area contributed by atoms with Crippen LogP contribution in [-0.2, 0) is 4.79 Å². The summed E-state index contributed by atoms with van der Waals surface area (Å²) >= 11 is 5.12. The molecule has 2 N–H and O–H groups in total. The molecule has 0 unspecified atom stereocenters. The Bertz CT molecular complexity index is 76.1. The van der Waals surface area contributed by atoms with Crippen molar-refractivity contribution in [2.45, 2.75) is 0 Å². The van der Waals surface area contributed by atoms with E-state index >= 15 is 0 Å². The second kappa shape index (κ2) is 7.17. The van der Waals surface area contributed by atoms with Gasteiger partial charge >= 0.3 is 37.7 Å². The van der Waals surface area contributed by atoms with Crippen LogP contribution in [0, 0.1) is 0 Å². The summed E-state index contributed by atoms with van der Waals surface area (Å²) in [5.41, 5.74) is 5.47. The quantitative estimate of drug-likeness (QED) is 0.313. The van der Waals surface area contributed by atoms with Crippen molar-refractivity contribution in [3.05, 3.63) is 0 Å². The van der Waals surface area contributed by atoms with Crippen molar-refractivity contribution in [2.24, 2.45) is 5.73 Å². The fraction of sp³-hybridized carbons (Fsp3) is 0. The Morgan fingerprint density at radius 2 is 2.29 bits per heavy atom. The van der Waals surface area contributed by atoms with Gasteiger partial charge in [-0.3, -0.25) is 4.79 Å². The van der Waals surface area contributed by atoms with Gasteiger partial charge in [0.1, 0.15) is 4.32 Å². The minimum atomic E-state index is 0. The van der Waals surface area contributed by atoms with Crippen LogP contribution in [0.3, 0.4) is 0 Å². The molecule has 38 valence electrons. The van der Waals surface area contributed by atoms with Gasteiger partial charge < -0.3 is 5.73 Å². The van der Waals surface area contributed by atoms with Crippen molar-refractivity contribution in [1.29, 1.82) is 0 Å². The third kappa shape index (κ3) is 11.0. The van der Waals surface area contributed by atoms with Gasteiger partial charge in [0.15, 0.2) is 5.62 Å². The van der Waals surface area contributed by atoms with Crippen LogP contribution < -0.4 is 5.73 Å². The Morgan fingerprint density at radius 1 is 1.86 bits per heavy atom. The van der Waals surface area contributed by atoms with E-state index in [4.69, 9.17) is 5.73 Å². The molecule has 0 radical (unpaired) electrons. The zero-order valence-electron chi connectivity index (χ0n) is 2.88. The first-order chi connectivity index (χ1) is 2.77. The standard InChI is InChI=1S/C2H3NOS2.Ca.2H/c3-2(5)6-1-4;;;/h1H,(H2,3,5);;;. The summed E-state index contributed by atoms with van der Waals surface area (Å²) in [4.78, 5) is 9.41. The Kier molecular flexibility index (Phi) is 11.3. The van der Waals surface area contributed by atoms with Gasteiger partial charge in [-0.05, 0) is 11.8 Å². The zero-order chi connectivity index (χ0) is 4.99. The molecule has 0 heterocycles. The molecule has 0 rings (SSSR count). The number of carbonyl (C=O) groups is 1. The molecule has 0 aromatic carbocycles. The molecule has 2 nitrogen and oxygen atoms in total. The molecule has 7 heavy (non-hydrogen) atoms. The summed E-state index contributed by atoms with van der Waals surface area (Å²) in [6.07, 6.45) is 0. The van der Waals surface area contributed by atoms with Crippen molar-refractivity contribution < 1.29 is 4.79 Å². The van der Waals surface area contributed by atoms with Gasteiger partial charge in [-0.2, -0.15) is 0 Å². The number of thiocarbonyl (C=S) groups is 1. The molecule has 0 aliphatic heterocycles. The van der Waals surface area contributed by atoms with Crippen LogP contribution in [0.2, 0.25) is 0 Å². The first-order valence-corrected chi connectivity index (χ1v) is 2.46. The number of thioether (sulfide) groups is 1. The van der Waals surface area contributed by atoms with Gasteiger partial charge in [-0.1, -0.05) is 12.2 Å². The summed E-state index contributed by atoms with van der Waals surface area (Å²) in [5, 5.41) is 0. The van der Waals surface area contributed by atoms with E-state index in [2.05, 4.69) is 12.2 Å². The summed E-state index contributed by atoms with van der Waals surface area (Å²) < 4.78 is 0.171. The summed E-state index contributed by atoms with van der Waals surface area (Å²) in [6, 6.07) is 0. The van der Waals surface area contributed by atoms with Crippen molar-refractivity contribution >= 4 is 71.7 Å². The van der Waals surface area contributed by atoms with E-state index in [-0.39, 0.29) is 42.1 Å². The van der Waals surface area contributed by atoms with Crippen LogP contribution in [0.5, 0.6) is 0 Å². The maximum atomic E-state index is 9.41. The number of carbonyl (C=O) groups excluding carboxylic acids is 1. The average Bonchev–Trinajstić information content (AvgIpc) is 1.35. The van der Waals surface area contributed by atoms with Crippen LogP contribution in [-0.4, -0.2) is 47.7 Å². The maximum absolute atomic E-state index is 9.41. The van der Waals surface area contributed by atoms with Crippen LogP contribution in [0.4, 0.5) is 0 Å². The van der Waals surface area contributed by atoms with Gasteiger partial charge in [-0.15, -0.1) is 0 Å². The molecule has 0 spiro atoms. The predicted octanol–water partition coefficient (Wildman–Crippen LogP) is -0.763. The molecule has 0 amide bonds. The minimum absolute atomic E-state index is 0. The molecule has 0 saturated heterocycles. The van der Waals surface area contributed by atoms with Gasteiger partial charge in [0, 0.05) is 0 Å². The monoisotopic (exact) mass is 163 g/mol. The van der Waals surface area contributed by atoms with Crippen molar-refractivity contribution in [1.82, 2.24) is 0 Å². The molecular weight excluding hydrogens is 158 g/mol. The van der Waals surface area contributed by atoms with Crippen molar-refractivity contribution in [2.75, 3.05) is 0 Å². The van der Waals surface area contributed by atoms with Crippen molar-refractivity contribution in [3.8, 4) is 0 Å². The molecule has 0 aliphatic rings. The third-order valence-corrected chi connectivity index (χ3v) is 0.781. The SMILES string of the molecule is NC(=S)SC=O.[CaH2]. The number of hydrogen-bond donors (Lipinski definition) is 1. The van der Waals surface area contributed by atoms with Crippen LogP contribution >= 0.6 is 24.0 Å². The van der Waals surface area contributed by atoms with E-state index in [0.717, 1.165) is 11.8 Å². The molecular formula is C2H5CaNOS2. The van der Waals surface area contributed by atoms with E-state index in [0.29, 0.717) is 5.62 Å². The predicted molar refractivity (Wildman–Crippen MR) is 39.7 cm³/mol. The molecule has 0 fully saturated rings. The summed E-state index contributed by atoms with van der Waals surface area (Å²) in [7, 11) is 0. The second-order valence-corrected chi connectivity index (χ2v) is 2.10. The first kappa shape index (κ1) is 11.0. The average molecular weight is 163 g/mol. The molecule has 0 saturated carbocycles. The van der Waals surface area contributed by atoms with Crippen LogP contribution in [0.25, 0.3) is 0 Å². The normalized spacial score (nSPS) is 6.29. The Labute approximate surface area is 81.2 Å². The van der Waals surface area contributed by atoms with Gasteiger partial charge in [0.25, 0.3) is 0 Å². The molecule has 0 aromatic heterocycles. The number of hydrogen-bond acceptors (Lipinski definition) is 3. The molecule has 0 aromatic rings. The Balaban J connectivity index is 0. The number of rotatable bonds is 1. The topological polar surface area (TPSA) is 43.1 Å². The molecule has 0 atom stereocenters. The van der Waals surface area contributed by atoms with Crippen LogP contribution in [0.15, 0.2) is 0 Å². The summed E-state index contributed by atoms with van der Waals surface area (Å²) in [6.45, 7) is 0. The third-order valence-electron chi connectivity index (χ3n) is 0.164. The fourth-order valence-corrected chi connectivity index (χ4v) is 0.260. The number of nitrogens with two attached hydrogens (primary N) is 1. The Hall–Kier alpha value is 1.17. The van der Waals surface area contributed by atoms with E-state index in [9.17, 15) is 4.79 Å². The van der Waals surface area contributed by atoms with E-state index in [1.807, 2.05) is 0 Å². The molecule has 0 bridgehead atoms. The van der Waals surface area contributed by atoms with Gasteiger partial charge in [0.05, 0.1) is 0 Å². The molecule has 0 aliphatic carbocycles. The van der Waals surface area contributed by atoms with Crippen LogP contribution in [0.1, 0.15) is 0 Å².